The van der Waals surface area contributed by atoms with E-state index < -0.39 is 10.0 Å². The number of nitrogens with two attached hydrogens (primary N) is 1. The Kier molecular flexibility index (Phi) is 6.75. The summed E-state index contributed by atoms with van der Waals surface area (Å²) < 4.78 is 27.1. The first-order valence-electron chi connectivity index (χ1n) is 11.0. The number of hydrogen-bond acceptors (Lipinski definition) is 6. The van der Waals surface area contributed by atoms with Gasteiger partial charge in [-0.25, -0.2) is 28.2 Å². The van der Waals surface area contributed by atoms with Crippen molar-refractivity contribution in [3.63, 3.8) is 0 Å². The molecular weight excluding hydrogens is 454 g/mol. The molecule has 1 atom stereocenters. The topological polar surface area (TPSA) is 138 Å². The zero-order valence-corrected chi connectivity index (χ0v) is 19.9. The summed E-state index contributed by atoms with van der Waals surface area (Å²) in [5, 5.41) is 12.4. The molecule has 0 saturated carbocycles. The van der Waals surface area contributed by atoms with Crippen LogP contribution in [0.4, 0.5) is 0 Å². The van der Waals surface area contributed by atoms with Gasteiger partial charge < -0.3 is 9.88 Å². The predicted molar refractivity (Wildman–Crippen MR) is 128 cm³/mol. The van der Waals surface area contributed by atoms with Crippen LogP contribution in [-0.4, -0.2) is 38.6 Å². The third-order valence-corrected chi connectivity index (χ3v) is 6.52. The number of nitrogens with one attached hydrogen (secondary N) is 1. The van der Waals surface area contributed by atoms with E-state index in [9.17, 15) is 13.2 Å². The molecule has 1 amide bonds. The van der Waals surface area contributed by atoms with Crippen LogP contribution in [0.5, 0.6) is 0 Å². The minimum Gasteiger partial charge on any atom is -0.350 e. The number of hydrogen-bond donors (Lipinski definition) is 2. The number of primary sulfonamides is 1. The van der Waals surface area contributed by atoms with E-state index in [4.69, 9.17) is 5.14 Å². The van der Waals surface area contributed by atoms with Crippen LogP contribution >= 0.6 is 0 Å². The van der Waals surface area contributed by atoms with Gasteiger partial charge in [-0.2, -0.15) is 5.10 Å². The van der Waals surface area contributed by atoms with Crippen LogP contribution in [0.3, 0.4) is 0 Å². The molecule has 2 aromatic carbocycles. The molecule has 0 aliphatic rings. The Hall–Kier alpha value is -3.57. The molecule has 0 aliphatic carbocycles. The number of imidazole rings is 1. The minimum atomic E-state index is -3.81. The highest BCUT2D eigenvalue weighted by Crippen LogP contribution is 2.22. The Balaban J connectivity index is 1.43. The summed E-state index contributed by atoms with van der Waals surface area (Å²) in [6.45, 7) is 4.71. The van der Waals surface area contributed by atoms with Crippen LogP contribution in [0.15, 0.2) is 60.0 Å². The number of aryl methyl sites for hydroxylation is 2. The summed E-state index contributed by atoms with van der Waals surface area (Å²) in [6.07, 6.45) is 4.68. The van der Waals surface area contributed by atoms with Crippen molar-refractivity contribution >= 4 is 27.0 Å². The first-order valence-corrected chi connectivity index (χ1v) is 12.6. The van der Waals surface area contributed by atoms with Crippen LogP contribution in [0.25, 0.3) is 16.7 Å². The number of rotatable bonds is 9. The highest BCUT2D eigenvalue weighted by atomic mass is 32.2. The smallest absolute Gasteiger partial charge is 0.238 e. The van der Waals surface area contributed by atoms with E-state index in [-0.39, 0.29) is 23.3 Å². The van der Waals surface area contributed by atoms with Crippen molar-refractivity contribution < 1.29 is 13.2 Å². The number of amides is 1. The van der Waals surface area contributed by atoms with Crippen LogP contribution in [0.2, 0.25) is 0 Å². The first-order chi connectivity index (χ1) is 16.3. The highest BCUT2D eigenvalue weighted by Gasteiger charge is 2.16. The van der Waals surface area contributed by atoms with E-state index >= 15 is 0 Å². The Labute approximate surface area is 197 Å². The van der Waals surface area contributed by atoms with Crippen molar-refractivity contribution in [3.8, 4) is 5.69 Å². The standard InChI is InChI=1S/C23H27N7O3S/c1-3-12-29-21-9-8-19(34(24,32)33)13-20(21)28-22(29)10-11-23(31)27-16(2)17-4-6-18(7-5-17)30-15-25-14-26-30/h4-9,13-16H,3,10-12H2,1-2H3,(H,27,31)(H2,24,32,33). The van der Waals surface area contributed by atoms with Gasteiger partial charge in [0.2, 0.25) is 15.9 Å². The SMILES string of the molecule is CCCn1c(CCC(=O)NC(C)c2ccc(-n3cncn3)cc2)nc2cc(S(N)(=O)=O)ccc21. The molecule has 10 nitrogen and oxygen atoms in total. The second kappa shape index (κ2) is 9.74. The van der Waals surface area contributed by atoms with Gasteiger partial charge in [-0.15, -0.1) is 0 Å². The lowest BCUT2D eigenvalue weighted by atomic mass is 10.1. The molecule has 0 aliphatic heterocycles. The number of fused-ring (bicyclic) bond motifs is 1. The normalized spacial score (nSPS) is 12.7. The fraction of sp³-hybridized carbons (Fsp3) is 0.304. The van der Waals surface area contributed by atoms with Crippen molar-refractivity contribution in [2.75, 3.05) is 0 Å². The fourth-order valence-electron chi connectivity index (χ4n) is 3.88. The lowest BCUT2D eigenvalue weighted by molar-refractivity contribution is -0.121. The van der Waals surface area contributed by atoms with E-state index in [0.717, 1.165) is 35.6 Å². The van der Waals surface area contributed by atoms with Crippen molar-refractivity contribution in [1.82, 2.24) is 29.6 Å². The summed E-state index contributed by atoms with van der Waals surface area (Å²) in [7, 11) is -3.81. The summed E-state index contributed by atoms with van der Waals surface area (Å²) in [5.41, 5.74) is 3.24. The van der Waals surface area contributed by atoms with Crippen LogP contribution < -0.4 is 10.5 Å². The number of aromatic nitrogens is 5. The second-order valence-corrected chi connectivity index (χ2v) is 9.66. The Morgan fingerprint density at radius 3 is 2.59 bits per heavy atom. The summed E-state index contributed by atoms with van der Waals surface area (Å²) in [4.78, 5) is 21.2. The van der Waals surface area contributed by atoms with E-state index in [0.29, 0.717) is 11.9 Å². The molecule has 4 aromatic rings. The molecule has 3 N–H and O–H groups in total. The molecule has 0 fully saturated rings. The molecule has 11 heteroatoms. The third kappa shape index (κ3) is 5.15. The maximum Gasteiger partial charge on any atom is 0.238 e. The monoisotopic (exact) mass is 481 g/mol. The van der Waals surface area contributed by atoms with Crippen molar-refractivity contribution in [1.29, 1.82) is 0 Å². The maximum absolute atomic E-state index is 12.7. The molecule has 0 spiro atoms. The Morgan fingerprint density at radius 1 is 1.18 bits per heavy atom. The molecule has 0 radical (unpaired) electrons. The summed E-state index contributed by atoms with van der Waals surface area (Å²) in [5.74, 6) is 0.650. The van der Waals surface area contributed by atoms with E-state index in [2.05, 4.69) is 27.3 Å². The first kappa shape index (κ1) is 23.6. The molecule has 178 valence electrons. The molecule has 0 bridgehead atoms. The summed E-state index contributed by atoms with van der Waals surface area (Å²) in [6, 6.07) is 12.3. The van der Waals surface area contributed by atoms with E-state index in [1.54, 1.807) is 17.1 Å². The quantitative estimate of drug-likeness (QED) is 0.377. The van der Waals surface area contributed by atoms with Crippen molar-refractivity contribution in [2.24, 2.45) is 5.14 Å². The molecule has 1 unspecified atom stereocenters. The second-order valence-electron chi connectivity index (χ2n) is 8.10. The number of carbonyl (C=O) groups is 1. The number of sulfonamides is 1. The summed E-state index contributed by atoms with van der Waals surface area (Å²) >= 11 is 0. The number of nitrogens with zero attached hydrogens (tertiary/aromatic N) is 5. The van der Waals surface area contributed by atoms with Gasteiger partial charge in [0.05, 0.1) is 27.7 Å². The lowest BCUT2D eigenvalue weighted by Gasteiger charge is -2.15. The zero-order chi connectivity index (χ0) is 24.3. The molecule has 34 heavy (non-hydrogen) atoms. The molecule has 0 saturated heterocycles. The van der Waals surface area contributed by atoms with E-state index in [1.807, 2.05) is 35.8 Å². The average Bonchev–Trinajstić information content (AvgIpc) is 3.46. The van der Waals surface area contributed by atoms with Gasteiger partial charge in [0.25, 0.3) is 0 Å². The van der Waals surface area contributed by atoms with Crippen LogP contribution in [-0.2, 0) is 27.8 Å². The van der Waals surface area contributed by atoms with Gasteiger partial charge in [-0.1, -0.05) is 19.1 Å². The largest absolute Gasteiger partial charge is 0.350 e. The van der Waals surface area contributed by atoms with Crippen molar-refractivity contribution in [3.05, 3.63) is 66.5 Å². The fourth-order valence-corrected chi connectivity index (χ4v) is 4.41. The molecule has 2 heterocycles. The Morgan fingerprint density at radius 2 is 1.94 bits per heavy atom. The van der Waals surface area contributed by atoms with Gasteiger partial charge in [-0.05, 0) is 49.2 Å². The lowest BCUT2D eigenvalue weighted by Crippen LogP contribution is -2.27. The molecule has 4 rings (SSSR count). The minimum absolute atomic E-state index is 0.0223. The van der Waals surface area contributed by atoms with Crippen molar-refractivity contribution in [2.45, 2.75) is 50.6 Å². The van der Waals surface area contributed by atoms with E-state index in [1.165, 1.54) is 18.5 Å². The maximum atomic E-state index is 12.7. The van der Waals surface area contributed by atoms with Gasteiger partial charge in [-0.3, -0.25) is 4.79 Å². The van der Waals surface area contributed by atoms with Gasteiger partial charge in [0, 0.05) is 19.4 Å². The van der Waals surface area contributed by atoms with Crippen LogP contribution in [0, 0.1) is 0 Å². The van der Waals surface area contributed by atoms with Gasteiger partial charge in [0.1, 0.15) is 18.5 Å². The molecule has 2 aromatic heterocycles. The molecular formula is C23H27N7O3S. The predicted octanol–water partition coefficient (Wildman–Crippen LogP) is 2.48. The van der Waals surface area contributed by atoms with Gasteiger partial charge in [0.15, 0.2) is 0 Å². The van der Waals surface area contributed by atoms with Gasteiger partial charge >= 0.3 is 0 Å². The Bertz CT molecular complexity index is 1390. The number of carbonyl (C=O) groups excluding carboxylic acids is 1. The highest BCUT2D eigenvalue weighted by molar-refractivity contribution is 7.89. The average molecular weight is 482 g/mol. The third-order valence-electron chi connectivity index (χ3n) is 5.60. The number of benzene rings is 2. The zero-order valence-electron chi connectivity index (χ0n) is 19.0. The van der Waals surface area contributed by atoms with Crippen LogP contribution in [0.1, 0.15) is 44.1 Å².